The molecule has 5 atom stereocenters. The van der Waals surface area contributed by atoms with Crippen molar-refractivity contribution in [2.45, 2.75) is 25.9 Å². The highest BCUT2D eigenvalue weighted by atomic mass is 16.5. The Kier molecular flexibility index (Phi) is 4.37. The number of urea groups is 1. The number of hydrogen-bond donors (Lipinski definition) is 2. The summed E-state index contributed by atoms with van der Waals surface area (Å²) in [6.07, 6.45) is 5.34. The van der Waals surface area contributed by atoms with E-state index in [0.717, 1.165) is 12.8 Å². The number of carbonyl (C=O) groups is 3. The second-order valence-electron chi connectivity index (χ2n) is 7.36. The van der Waals surface area contributed by atoms with Crippen LogP contribution in [0.15, 0.2) is 36.4 Å². The van der Waals surface area contributed by atoms with Gasteiger partial charge in [-0.2, -0.15) is 0 Å². The molecule has 1 saturated carbocycles. The molecule has 142 valence electrons. The Morgan fingerprint density at radius 3 is 2.26 bits per heavy atom. The second-order valence-corrected chi connectivity index (χ2v) is 7.36. The summed E-state index contributed by atoms with van der Waals surface area (Å²) >= 11 is 0. The third-order valence-electron chi connectivity index (χ3n) is 5.88. The molecular weight excluding hydrogens is 346 g/mol. The van der Waals surface area contributed by atoms with Crippen molar-refractivity contribution in [3.8, 4) is 5.75 Å². The van der Waals surface area contributed by atoms with Crippen LogP contribution in [0.4, 0.5) is 10.5 Å². The Bertz CT molecular complexity index is 789. The SMILES string of the molecule is COc1ccccc1NC(=O)N[C@H](C)N1C(=O)[C@@H]2[C@@H](C1=O)[C@H]1C=C[C@H]2CC1. The van der Waals surface area contributed by atoms with Crippen molar-refractivity contribution in [1.82, 2.24) is 10.2 Å². The van der Waals surface area contributed by atoms with Gasteiger partial charge in [0, 0.05) is 0 Å². The zero-order chi connectivity index (χ0) is 19.1. The molecular formula is C20H23N3O4. The number of anilines is 1. The third-order valence-corrected chi connectivity index (χ3v) is 5.88. The van der Waals surface area contributed by atoms with E-state index in [-0.39, 0.29) is 35.5 Å². The first-order chi connectivity index (χ1) is 13.0. The van der Waals surface area contributed by atoms with Gasteiger partial charge >= 0.3 is 6.03 Å². The van der Waals surface area contributed by atoms with E-state index in [9.17, 15) is 14.4 Å². The van der Waals surface area contributed by atoms with E-state index in [0.29, 0.717) is 11.4 Å². The number of rotatable bonds is 4. The van der Waals surface area contributed by atoms with Gasteiger partial charge in [0.2, 0.25) is 11.8 Å². The Labute approximate surface area is 157 Å². The van der Waals surface area contributed by atoms with Crippen LogP contribution in [0.1, 0.15) is 19.8 Å². The molecule has 0 unspecified atom stereocenters. The zero-order valence-corrected chi connectivity index (χ0v) is 15.3. The monoisotopic (exact) mass is 369 g/mol. The number of imide groups is 1. The fourth-order valence-electron chi connectivity index (χ4n) is 4.64. The van der Waals surface area contributed by atoms with Crippen molar-refractivity contribution in [1.29, 1.82) is 0 Å². The maximum atomic E-state index is 12.9. The summed E-state index contributed by atoms with van der Waals surface area (Å²) in [5.74, 6) is -0.0942. The molecule has 2 N–H and O–H groups in total. The molecule has 2 fully saturated rings. The molecule has 4 aliphatic rings. The lowest BCUT2D eigenvalue weighted by molar-refractivity contribution is -0.142. The van der Waals surface area contributed by atoms with Gasteiger partial charge in [-0.05, 0) is 43.7 Å². The number of nitrogens with one attached hydrogen (secondary N) is 2. The number of ether oxygens (including phenoxy) is 1. The largest absolute Gasteiger partial charge is 0.495 e. The quantitative estimate of drug-likeness (QED) is 0.630. The fraction of sp³-hybridized carbons (Fsp3) is 0.450. The molecule has 7 heteroatoms. The Morgan fingerprint density at radius 1 is 1.11 bits per heavy atom. The highest BCUT2D eigenvalue weighted by Gasteiger charge is 2.57. The van der Waals surface area contributed by atoms with Crippen LogP contribution in [0.5, 0.6) is 5.75 Å². The summed E-state index contributed by atoms with van der Waals surface area (Å²) in [6, 6.07) is 6.54. The summed E-state index contributed by atoms with van der Waals surface area (Å²) < 4.78 is 5.21. The van der Waals surface area contributed by atoms with Gasteiger partial charge in [-0.25, -0.2) is 4.79 Å². The highest BCUT2D eigenvalue weighted by Crippen LogP contribution is 2.49. The van der Waals surface area contributed by atoms with Gasteiger partial charge in [-0.15, -0.1) is 0 Å². The number of amides is 4. The number of methoxy groups -OCH3 is 1. The molecule has 27 heavy (non-hydrogen) atoms. The minimum Gasteiger partial charge on any atom is -0.495 e. The Balaban J connectivity index is 1.45. The minimum absolute atomic E-state index is 0.135. The van der Waals surface area contributed by atoms with E-state index in [4.69, 9.17) is 4.74 Å². The topological polar surface area (TPSA) is 87.7 Å². The van der Waals surface area contributed by atoms with Gasteiger partial charge in [-0.1, -0.05) is 24.3 Å². The summed E-state index contributed by atoms with van der Waals surface area (Å²) in [7, 11) is 1.52. The molecule has 5 rings (SSSR count). The van der Waals surface area contributed by atoms with Crippen LogP contribution in [0.3, 0.4) is 0 Å². The van der Waals surface area contributed by atoms with Crippen LogP contribution in [-0.2, 0) is 9.59 Å². The first-order valence-electron chi connectivity index (χ1n) is 9.27. The van der Waals surface area contributed by atoms with Crippen LogP contribution < -0.4 is 15.4 Å². The number of carbonyl (C=O) groups excluding carboxylic acids is 3. The number of likely N-dealkylation sites (tertiary alicyclic amines) is 1. The molecule has 4 amide bonds. The fourth-order valence-corrected chi connectivity index (χ4v) is 4.64. The molecule has 1 aliphatic heterocycles. The normalized spacial score (nSPS) is 29.5. The maximum Gasteiger partial charge on any atom is 0.320 e. The van der Waals surface area contributed by atoms with Gasteiger partial charge < -0.3 is 15.4 Å². The van der Waals surface area contributed by atoms with E-state index in [2.05, 4.69) is 22.8 Å². The molecule has 0 radical (unpaired) electrons. The molecule has 0 spiro atoms. The molecule has 3 aliphatic carbocycles. The van der Waals surface area contributed by atoms with Gasteiger partial charge in [0.05, 0.1) is 24.6 Å². The molecule has 0 aromatic heterocycles. The number of fused-ring (bicyclic) bond motifs is 1. The first-order valence-corrected chi connectivity index (χ1v) is 9.27. The smallest absolute Gasteiger partial charge is 0.320 e. The summed E-state index contributed by atoms with van der Waals surface area (Å²) in [6.45, 7) is 1.66. The minimum atomic E-state index is -0.718. The van der Waals surface area contributed by atoms with Crippen molar-refractivity contribution < 1.29 is 19.1 Å². The molecule has 1 saturated heterocycles. The van der Waals surface area contributed by atoms with Crippen LogP contribution in [0.2, 0.25) is 0 Å². The van der Waals surface area contributed by atoms with Crippen molar-refractivity contribution in [3.05, 3.63) is 36.4 Å². The first kappa shape index (κ1) is 17.6. The number of hydrogen-bond acceptors (Lipinski definition) is 4. The van der Waals surface area contributed by atoms with E-state index < -0.39 is 12.2 Å². The molecule has 2 bridgehead atoms. The lowest BCUT2D eigenvalue weighted by Crippen LogP contribution is -2.50. The van der Waals surface area contributed by atoms with Gasteiger partial charge in [0.25, 0.3) is 0 Å². The Hall–Kier alpha value is -2.83. The summed E-state index contributed by atoms with van der Waals surface area (Å²) in [5.41, 5.74) is 0.514. The van der Waals surface area contributed by atoms with E-state index in [1.165, 1.54) is 12.0 Å². The van der Waals surface area contributed by atoms with Crippen molar-refractivity contribution in [3.63, 3.8) is 0 Å². The summed E-state index contributed by atoms with van der Waals surface area (Å²) in [4.78, 5) is 39.4. The van der Waals surface area contributed by atoms with Crippen LogP contribution in [0, 0.1) is 23.7 Å². The Morgan fingerprint density at radius 2 is 1.70 bits per heavy atom. The van der Waals surface area contributed by atoms with Crippen LogP contribution >= 0.6 is 0 Å². The third kappa shape index (κ3) is 2.87. The van der Waals surface area contributed by atoms with Gasteiger partial charge in [0.1, 0.15) is 11.9 Å². The molecule has 1 aromatic carbocycles. The lowest BCUT2D eigenvalue weighted by Gasteiger charge is -2.38. The average molecular weight is 369 g/mol. The van der Waals surface area contributed by atoms with Crippen LogP contribution in [0.25, 0.3) is 0 Å². The van der Waals surface area contributed by atoms with Gasteiger partial charge in [-0.3, -0.25) is 14.5 Å². The van der Waals surface area contributed by atoms with E-state index in [1.807, 2.05) is 0 Å². The van der Waals surface area contributed by atoms with Crippen LogP contribution in [-0.4, -0.2) is 36.0 Å². The zero-order valence-electron chi connectivity index (χ0n) is 15.3. The van der Waals surface area contributed by atoms with E-state index in [1.54, 1.807) is 31.2 Å². The average Bonchev–Trinajstić information content (AvgIpc) is 2.96. The molecule has 7 nitrogen and oxygen atoms in total. The summed E-state index contributed by atoms with van der Waals surface area (Å²) in [5, 5.41) is 5.40. The predicted octanol–water partition coefficient (Wildman–Crippen LogP) is 2.36. The predicted molar refractivity (Wildman–Crippen MR) is 98.8 cm³/mol. The number of nitrogens with zero attached hydrogens (tertiary/aromatic N) is 1. The standard InChI is InChI=1S/C20H23N3O4/c1-11(21-20(26)22-14-5-3-4-6-15(14)27-2)23-18(24)16-12-7-8-13(10-9-12)17(16)19(23)25/h3-8,11-13,16-17H,9-10H2,1-2H3,(H2,21,22,26)/t11-,12-,13-,16-,17-/m0/s1. The van der Waals surface area contributed by atoms with Crippen molar-refractivity contribution in [2.24, 2.45) is 23.7 Å². The number of benzene rings is 1. The molecule has 1 aromatic rings. The van der Waals surface area contributed by atoms with Crippen molar-refractivity contribution >= 4 is 23.5 Å². The van der Waals surface area contributed by atoms with Crippen molar-refractivity contribution in [2.75, 3.05) is 12.4 Å². The number of para-hydroxylation sites is 2. The lowest BCUT2D eigenvalue weighted by atomic mass is 9.63. The highest BCUT2D eigenvalue weighted by molar-refractivity contribution is 6.06. The molecule has 1 heterocycles. The number of allylic oxidation sites excluding steroid dienone is 2. The van der Waals surface area contributed by atoms with E-state index >= 15 is 0 Å². The van der Waals surface area contributed by atoms with Gasteiger partial charge in [0.15, 0.2) is 0 Å². The maximum absolute atomic E-state index is 12.9. The second kappa shape index (κ2) is 6.72.